The van der Waals surface area contributed by atoms with Gasteiger partial charge in [0.05, 0.1) is 12.2 Å². The fraction of sp³-hybridized carbons (Fsp3) is 1.00. The minimum Gasteiger partial charge on any atom is -0.393 e. The topological polar surface area (TPSA) is 68.2 Å². The van der Waals surface area contributed by atoms with Crippen LogP contribution in [0.25, 0.3) is 0 Å². The van der Waals surface area contributed by atoms with Gasteiger partial charge in [-0.1, -0.05) is 26.7 Å². The Bertz CT molecular complexity index is 292. The molecule has 0 aromatic carbocycles. The van der Waals surface area contributed by atoms with Gasteiger partial charge in [-0.25, -0.2) is 0 Å². The van der Waals surface area contributed by atoms with E-state index in [4.69, 9.17) is 14.2 Å². The quantitative estimate of drug-likeness (QED) is 0.326. The van der Waals surface area contributed by atoms with Gasteiger partial charge in [-0.15, -0.1) is 0 Å². The molecular weight excluding hydrogens is 344 g/mol. The molecule has 0 aromatic rings. The van der Waals surface area contributed by atoms with Gasteiger partial charge in [0.25, 0.3) is 0 Å². The minimum atomic E-state index is -0.238. The molecule has 5 nitrogen and oxygen atoms in total. The lowest BCUT2D eigenvalue weighted by Crippen LogP contribution is -2.27. The van der Waals surface area contributed by atoms with Gasteiger partial charge < -0.3 is 24.4 Å². The van der Waals surface area contributed by atoms with E-state index in [0.29, 0.717) is 25.0 Å². The first-order chi connectivity index (χ1) is 12.8. The van der Waals surface area contributed by atoms with Crippen LogP contribution < -0.4 is 0 Å². The van der Waals surface area contributed by atoms with E-state index < -0.39 is 0 Å². The zero-order chi connectivity index (χ0) is 20.7. The van der Waals surface area contributed by atoms with E-state index in [1.54, 1.807) is 0 Å². The van der Waals surface area contributed by atoms with E-state index in [1.807, 2.05) is 27.7 Å². The molecule has 0 rings (SSSR count). The maximum atomic E-state index is 9.48. The second kappa shape index (κ2) is 16.7. The van der Waals surface area contributed by atoms with Crippen LogP contribution in [0.4, 0.5) is 0 Å². The summed E-state index contributed by atoms with van der Waals surface area (Å²) in [7, 11) is 0. The lowest BCUT2D eigenvalue weighted by atomic mass is 9.98. The van der Waals surface area contributed by atoms with Crippen LogP contribution in [0, 0.1) is 11.8 Å². The summed E-state index contributed by atoms with van der Waals surface area (Å²) in [6, 6.07) is 0. The van der Waals surface area contributed by atoms with Crippen molar-refractivity contribution in [1.82, 2.24) is 0 Å². The van der Waals surface area contributed by atoms with E-state index in [0.717, 1.165) is 51.4 Å². The van der Waals surface area contributed by atoms with Crippen molar-refractivity contribution in [1.29, 1.82) is 0 Å². The summed E-state index contributed by atoms with van der Waals surface area (Å²) in [4.78, 5) is 0. The van der Waals surface area contributed by atoms with Gasteiger partial charge in [-0.3, -0.25) is 0 Å². The Hall–Kier alpha value is -0.200. The summed E-state index contributed by atoms with van der Waals surface area (Å²) in [5, 5.41) is 19.0. The van der Waals surface area contributed by atoms with Gasteiger partial charge in [0, 0.05) is 13.2 Å². The summed E-state index contributed by atoms with van der Waals surface area (Å²) in [5.74, 6) is 1.01. The first-order valence-electron chi connectivity index (χ1n) is 11.0. The molecule has 0 saturated carbocycles. The second-order valence-electron chi connectivity index (χ2n) is 8.15. The van der Waals surface area contributed by atoms with Crippen LogP contribution in [0.5, 0.6) is 0 Å². The monoisotopic (exact) mass is 390 g/mol. The van der Waals surface area contributed by atoms with Crippen LogP contribution >= 0.6 is 0 Å². The number of ether oxygens (including phenoxy) is 3. The third kappa shape index (κ3) is 16.5. The lowest BCUT2D eigenvalue weighted by Gasteiger charge is -2.25. The van der Waals surface area contributed by atoms with E-state index in [1.165, 1.54) is 0 Å². The molecule has 164 valence electrons. The predicted octanol–water partition coefficient (Wildman–Crippen LogP) is 4.88. The maximum Gasteiger partial charge on any atom is 0.160 e. The Morgan fingerprint density at radius 2 is 1.00 bits per heavy atom. The molecule has 6 unspecified atom stereocenters. The number of aliphatic hydroxyl groups excluding tert-OH is 2. The molecule has 0 amide bonds. The highest BCUT2D eigenvalue weighted by atomic mass is 16.8. The van der Waals surface area contributed by atoms with Crippen molar-refractivity contribution in [2.75, 3.05) is 13.2 Å². The fourth-order valence-electron chi connectivity index (χ4n) is 3.59. The van der Waals surface area contributed by atoms with E-state index in [2.05, 4.69) is 13.8 Å². The third-order valence-corrected chi connectivity index (χ3v) is 4.77. The van der Waals surface area contributed by atoms with Crippen molar-refractivity contribution < 1.29 is 24.4 Å². The van der Waals surface area contributed by atoms with Crippen molar-refractivity contribution in [2.24, 2.45) is 11.8 Å². The lowest BCUT2D eigenvalue weighted by molar-refractivity contribution is -0.247. The average molecular weight is 391 g/mol. The highest BCUT2D eigenvalue weighted by Crippen LogP contribution is 2.20. The summed E-state index contributed by atoms with van der Waals surface area (Å²) in [6.45, 7) is 13.3. The molecule has 6 atom stereocenters. The minimum absolute atomic E-state index is 0.236. The molecule has 0 heterocycles. The Balaban J connectivity index is 4.30. The Morgan fingerprint density at radius 1 is 0.630 bits per heavy atom. The highest BCUT2D eigenvalue weighted by Gasteiger charge is 2.18. The molecule has 5 heteroatoms. The van der Waals surface area contributed by atoms with Gasteiger partial charge in [-0.2, -0.15) is 0 Å². The van der Waals surface area contributed by atoms with Gasteiger partial charge in [-0.05, 0) is 78.1 Å². The molecule has 0 aliphatic rings. The highest BCUT2D eigenvalue weighted by molar-refractivity contribution is 4.61. The molecule has 0 bridgehead atoms. The summed E-state index contributed by atoms with van der Waals surface area (Å²) < 4.78 is 17.7. The molecule has 2 N–H and O–H groups in total. The van der Waals surface area contributed by atoms with Gasteiger partial charge >= 0.3 is 0 Å². The molecule has 0 radical (unpaired) electrons. The normalized spacial score (nSPS) is 18.7. The number of aliphatic hydroxyl groups is 2. The number of hydrogen-bond acceptors (Lipinski definition) is 5. The van der Waals surface area contributed by atoms with E-state index in [9.17, 15) is 10.2 Å². The van der Waals surface area contributed by atoms with Crippen LogP contribution in [0.3, 0.4) is 0 Å². The summed E-state index contributed by atoms with van der Waals surface area (Å²) >= 11 is 0. The molecule has 0 saturated heterocycles. The van der Waals surface area contributed by atoms with Crippen molar-refractivity contribution in [2.45, 2.75) is 118 Å². The Morgan fingerprint density at radius 3 is 1.30 bits per heavy atom. The first-order valence-corrected chi connectivity index (χ1v) is 11.0. The summed E-state index contributed by atoms with van der Waals surface area (Å²) in [5.41, 5.74) is 0. The first kappa shape index (κ1) is 26.8. The molecule has 0 fully saturated rings. The SMILES string of the molecule is CCOC(CCCC(C)CC(C)O)OC(CCCC(C)CC(C)O)OCC. The molecule has 0 aliphatic carbocycles. The van der Waals surface area contributed by atoms with Crippen molar-refractivity contribution >= 4 is 0 Å². The van der Waals surface area contributed by atoms with E-state index in [-0.39, 0.29) is 24.8 Å². The second-order valence-corrected chi connectivity index (χ2v) is 8.15. The Kier molecular flexibility index (Phi) is 16.6. The number of rotatable bonds is 18. The van der Waals surface area contributed by atoms with Gasteiger partial charge in [0.2, 0.25) is 0 Å². The Labute approximate surface area is 167 Å². The van der Waals surface area contributed by atoms with Crippen molar-refractivity contribution in [3.63, 3.8) is 0 Å². The largest absolute Gasteiger partial charge is 0.393 e. The molecule has 0 spiro atoms. The van der Waals surface area contributed by atoms with Crippen molar-refractivity contribution in [3.05, 3.63) is 0 Å². The third-order valence-electron chi connectivity index (χ3n) is 4.77. The zero-order valence-corrected chi connectivity index (χ0v) is 18.7. The fourth-order valence-corrected chi connectivity index (χ4v) is 3.59. The number of hydrogen-bond donors (Lipinski definition) is 2. The van der Waals surface area contributed by atoms with Crippen LogP contribution in [0.2, 0.25) is 0 Å². The van der Waals surface area contributed by atoms with Crippen LogP contribution in [0.15, 0.2) is 0 Å². The molecule has 0 aromatic heterocycles. The molecule has 27 heavy (non-hydrogen) atoms. The molecule has 0 aliphatic heterocycles. The maximum absolute atomic E-state index is 9.48. The van der Waals surface area contributed by atoms with Crippen LogP contribution in [-0.2, 0) is 14.2 Å². The standard InChI is InChI=1S/C22H46O5/c1-7-25-21(13-9-11-17(3)15-19(5)23)27-22(26-8-2)14-10-12-18(4)16-20(6)24/h17-24H,7-16H2,1-6H3. The zero-order valence-electron chi connectivity index (χ0n) is 18.7. The van der Waals surface area contributed by atoms with E-state index >= 15 is 0 Å². The predicted molar refractivity (Wildman–Crippen MR) is 111 cm³/mol. The smallest absolute Gasteiger partial charge is 0.160 e. The molecular formula is C22H46O5. The summed E-state index contributed by atoms with van der Waals surface area (Å²) in [6.07, 6.45) is 6.59. The van der Waals surface area contributed by atoms with Crippen LogP contribution in [-0.4, -0.2) is 48.2 Å². The van der Waals surface area contributed by atoms with Crippen molar-refractivity contribution in [3.8, 4) is 0 Å². The average Bonchev–Trinajstić information content (AvgIpc) is 2.53. The van der Waals surface area contributed by atoms with Crippen LogP contribution in [0.1, 0.15) is 92.9 Å². The van der Waals surface area contributed by atoms with Gasteiger partial charge in [0.1, 0.15) is 0 Å². The van der Waals surface area contributed by atoms with Gasteiger partial charge in [0.15, 0.2) is 12.6 Å².